The lowest BCUT2D eigenvalue weighted by Gasteiger charge is -2.24. The molecule has 3 rings (SSSR count). The maximum Gasteiger partial charge on any atom is 0.163 e. The molecule has 1 aliphatic carbocycles. The molecule has 0 bridgehead atoms. The third-order valence-corrected chi connectivity index (χ3v) is 4.02. The van der Waals surface area contributed by atoms with Crippen LogP contribution in [0.15, 0.2) is 54.6 Å². The minimum Gasteiger partial charge on any atom is -0.294 e. The summed E-state index contributed by atoms with van der Waals surface area (Å²) in [4.78, 5) is 12.3. The second-order valence-electron chi connectivity index (χ2n) is 5.28. The lowest BCUT2D eigenvalue weighted by Crippen LogP contribution is -2.13. The predicted octanol–water partition coefficient (Wildman–Crippen LogP) is 4.38. The Morgan fingerprint density at radius 1 is 1.00 bits per heavy atom. The van der Waals surface area contributed by atoms with Crippen LogP contribution in [-0.4, -0.2) is 5.78 Å². The van der Waals surface area contributed by atoms with Gasteiger partial charge in [0.25, 0.3) is 0 Å². The van der Waals surface area contributed by atoms with Gasteiger partial charge < -0.3 is 0 Å². The molecule has 2 aromatic rings. The van der Waals surface area contributed by atoms with Gasteiger partial charge in [0.05, 0.1) is 0 Å². The monoisotopic (exact) mass is 250 g/mol. The third kappa shape index (κ3) is 2.60. The zero-order chi connectivity index (χ0) is 13.1. The first kappa shape index (κ1) is 12.2. The molecule has 96 valence electrons. The molecule has 1 nitrogen and oxygen atoms in total. The van der Waals surface area contributed by atoms with Gasteiger partial charge in [-0.25, -0.2) is 0 Å². The summed E-state index contributed by atoms with van der Waals surface area (Å²) < 4.78 is 0. The molecule has 0 heterocycles. The number of hydrogen-bond acceptors (Lipinski definition) is 1. The summed E-state index contributed by atoms with van der Waals surface area (Å²) in [6.07, 6.45) is 4.13. The number of hydrogen-bond donors (Lipinski definition) is 0. The maximum atomic E-state index is 12.3. The Hall–Kier alpha value is -1.89. The Labute approximate surface area is 114 Å². The van der Waals surface area contributed by atoms with Gasteiger partial charge in [0.1, 0.15) is 0 Å². The Morgan fingerprint density at radius 2 is 1.74 bits per heavy atom. The fourth-order valence-corrected chi connectivity index (χ4v) is 3.03. The molecule has 0 aliphatic heterocycles. The maximum absolute atomic E-state index is 12.3. The Kier molecular flexibility index (Phi) is 3.45. The molecule has 1 unspecified atom stereocenters. The first-order valence-electron chi connectivity index (χ1n) is 7.00. The van der Waals surface area contributed by atoms with Gasteiger partial charge in [-0.05, 0) is 36.3 Å². The summed E-state index contributed by atoms with van der Waals surface area (Å²) in [6.45, 7) is 0. The Bertz CT molecular complexity index is 571. The van der Waals surface area contributed by atoms with Crippen LogP contribution in [0.1, 0.15) is 46.7 Å². The van der Waals surface area contributed by atoms with E-state index in [1.54, 1.807) is 0 Å². The molecular weight excluding hydrogens is 232 g/mol. The highest BCUT2D eigenvalue weighted by molar-refractivity contribution is 5.96. The highest BCUT2D eigenvalue weighted by Crippen LogP contribution is 2.34. The predicted molar refractivity (Wildman–Crippen MR) is 77.5 cm³/mol. The Morgan fingerprint density at radius 3 is 2.58 bits per heavy atom. The van der Waals surface area contributed by atoms with Crippen LogP contribution < -0.4 is 0 Å². The number of carbonyl (C=O) groups excluding carboxylic acids is 1. The molecule has 0 fully saturated rings. The fourth-order valence-electron chi connectivity index (χ4n) is 3.03. The van der Waals surface area contributed by atoms with Crippen molar-refractivity contribution in [2.45, 2.75) is 31.6 Å². The normalized spacial score (nSPS) is 17.8. The van der Waals surface area contributed by atoms with Crippen LogP contribution in [0.4, 0.5) is 0 Å². The van der Waals surface area contributed by atoms with Crippen LogP contribution in [0.2, 0.25) is 0 Å². The molecule has 1 aliphatic rings. The SMILES string of the molecule is O=C(CC1CCCc2ccccc21)c1ccccc1. The minimum atomic E-state index is 0.266. The number of ketones is 1. The number of fused-ring (bicyclic) bond motifs is 1. The van der Waals surface area contributed by atoms with Crippen LogP contribution in [0.5, 0.6) is 0 Å². The quantitative estimate of drug-likeness (QED) is 0.739. The number of aryl methyl sites for hydroxylation is 1. The van der Waals surface area contributed by atoms with E-state index in [1.807, 2.05) is 30.3 Å². The van der Waals surface area contributed by atoms with Crippen LogP contribution in [-0.2, 0) is 6.42 Å². The van der Waals surface area contributed by atoms with Gasteiger partial charge in [-0.1, -0.05) is 54.6 Å². The van der Waals surface area contributed by atoms with Crippen molar-refractivity contribution >= 4 is 5.78 Å². The second-order valence-corrected chi connectivity index (χ2v) is 5.28. The number of rotatable bonds is 3. The lowest BCUT2D eigenvalue weighted by molar-refractivity contribution is 0.0971. The standard InChI is InChI=1S/C18H18O/c19-18(15-8-2-1-3-9-15)13-16-11-6-10-14-7-4-5-12-17(14)16/h1-5,7-9,12,16H,6,10-11,13H2. The first-order chi connectivity index (χ1) is 9.34. The second kappa shape index (κ2) is 5.40. The van der Waals surface area contributed by atoms with Crippen molar-refractivity contribution in [1.29, 1.82) is 0 Å². The van der Waals surface area contributed by atoms with Crippen molar-refractivity contribution in [2.75, 3.05) is 0 Å². The van der Waals surface area contributed by atoms with Crippen LogP contribution in [0.3, 0.4) is 0 Å². The molecule has 19 heavy (non-hydrogen) atoms. The average Bonchev–Trinajstić information content (AvgIpc) is 2.48. The summed E-state index contributed by atoms with van der Waals surface area (Å²) in [5, 5.41) is 0. The van der Waals surface area contributed by atoms with E-state index in [0.29, 0.717) is 12.3 Å². The summed E-state index contributed by atoms with van der Waals surface area (Å²) in [5.74, 6) is 0.667. The van der Waals surface area contributed by atoms with E-state index in [9.17, 15) is 4.79 Å². The van der Waals surface area contributed by atoms with E-state index >= 15 is 0 Å². The topological polar surface area (TPSA) is 17.1 Å². The van der Waals surface area contributed by atoms with E-state index in [1.165, 1.54) is 17.5 Å². The molecule has 0 spiro atoms. The van der Waals surface area contributed by atoms with Crippen molar-refractivity contribution in [2.24, 2.45) is 0 Å². The highest BCUT2D eigenvalue weighted by Gasteiger charge is 2.22. The van der Waals surface area contributed by atoms with E-state index < -0.39 is 0 Å². The molecule has 0 N–H and O–H groups in total. The molecular formula is C18H18O. The first-order valence-corrected chi connectivity index (χ1v) is 7.00. The van der Waals surface area contributed by atoms with Crippen molar-refractivity contribution < 1.29 is 4.79 Å². The van der Waals surface area contributed by atoms with Gasteiger partial charge in [0, 0.05) is 12.0 Å². The van der Waals surface area contributed by atoms with Crippen molar-refractivity contribution in [3.63, 3.8) is 0 Å². The van der Waals surface area contributed by atoms with Crippen LogP contribution in [0.25, 0.3) is 0 Å². The molecule has 1 heteroatoms. The summed E-state index contributed by atoms with van der Waals surface area (Å²) in [6, 6.07) is 18.2. The van der Waals surface area contributed by atoms with E-state index in [2.05, 4.69) is 24.3 Å². The van der Waals surface area contributed by atoms with Crippen molar-refractivity contribution in [1.82, 2.24) is 0 Å². The van der Waals surface area contributed by atoms with E-state index in [0.717, 1.165) is 18.4 Å². The summed E-state index contributed by atoms with van der Waals surface area (Å²) >= 11 is 0. The number of Topliss-reactive ketones (excluding diaryl/α,β-unsaturated/α-hetero) is 1. The number of carbonyl (C=O) groups is 1. The van der Waals surface area contributed by atoms with Crippen molar-refractivity contribution in [3.05, 3.63) is 71.3 Å². The summed E-state index contributed by atoms with van der Waals surface area (Å²) in [7, 11) is 0. The summed E-state index contributed by atoms with van der Waals surface area (Å²) in [5.41, 5.74) is 3.66. The van der Waals surface area contributed by atoms with Gasteiger partial charge in [-0.3, -0.25) is 4.79 Å². The van der Waals surface area contributed by atoms with Crippen molar-refractivity contribution in [3.8, 4) is 0 Å². The highest BCUT2D eigenvalue weighted by atomic mass is 16.1. The minimum absolute atomic E-state index is 0.266. The molecule has 0 saturated carbocycles. The van der Waals surface area contributed by atoms with Gasteiger partial charge in [-0.15, -0.1) is 0 Å². The smallest absolute Gasteiger partial charge is 0.163 e. The fraction of sp³-hybridized carbons (Fsp3) is 0.278. The van der Waals surface area contributed by atoms with Crippen LogP contribution >= 0.6 is 0 Å². The van der Waals surface area contributed by atoms with E-state index in [-0.39, 0.29) is 5.78 Å². The average molecular weight is 250 g/mol. The van der Waals surface area contributed by atoms with Gasteiger partial charge >= 0.3 is 0 Å². The number of benzene rings is 2. The van der Waals surface area contributed by atoms with Gasteiger partial charge in [0.15, 0.2) is 5.78 Å². The Balaban J connectivity index is 1.80. The molecule has 0 amide bonds. The molecule has 0 saturated heterocycles. The zero-order valence-electron chi connectivity index (χ0n) is 11.0. The zero-order valence-corrected chi connectivity index (χ0v) is 11.0. The van der Waals surface area contributed by atoms with Crippen LogP contribution in [0, 0.1) is 0 Å². The van der Waals surface area contributed by atoms with Gasteiger partial charge in [0.2, 0.25) is 0 Å². The molecule has 2 aromatic carbocycles. The largest absolute Gasteiger partial charge is 0.294 e. The van der Waals surface area contributed by atoms with Gasteiger partial charge in [-0.2, -0.15) is 0 Å². The molecule has 1 atom stereocenters. The lowest BCUT2D eigenvalue weighted by atomic mass is 9.79. The van der Waals surface area contributed by atoms with E-state index in [4.69, 9.17) is 0 Å². The molecule has 0 radical (unpaired) electrons. The third-order valence-electron chi connectivity index (χ3n) is 4.02. The molecule has 0 aromatic heterocycles.